The molecule has 1 aliphatic rings. The third-order valence-corrected chi connectivity index (χ3v) is 7.16. The van der Waals surface area contributed by atoms with E-state index in [9.17, 15) is 9.59 Å². The van der Waals surface area contributed by atoms with E-state index >= 15 is 0 Å². The first kappa shape index (κ1) is 24.8. The molecule has 0 atom stereocenters. The van der Waals surface area contributed by atoms with Crippen LogP contribution in [0.1, 0.15) is 0 Å². The molecule has 6 rings (SSSR count). The molecule has 4 heterocycles. The van der Waals surface area contributed by atoms with Crippen LogP contribution in [0.4, 0.5) is 5.69 Å². The van der Waals surface area contributed by atoms with E-state index in [1.807, 2.05) is 54.6 Å². The Balaban J connectivity index is 1.31. The lowest BCUT2D eigenvalue weighted by Gasteiger charge is -2.31. The van der Waals surface area contributed by atoms with E-state index in [1.54, 1.807) is 23.9 Å². The fourth-order valence-electron chi connectivity index (χ4n) is 4.99. The van der Waals surface area contributed by atoms with Crippen LogP contribution in [0.5, 0.6) is 5.88 Å². The maximum atomic E-state index is 13.1. The number of anilines is 1. The largest absolute Gasteiger partial charge is 0.481 e. The Morgan fingerprint density at radius 3 is 2.41 bits per heavy atom. The maximum Gasteiger partial charge on any atom is 0.255 e. The minimum Gasteiger partial charge on any atom is -0.481 e. The Labute approximate surface area is 225 Å². The average Bonchev–Trinajstić information content (AvgIpc) is 3.33. The number of fused-ring (bicyclic) bond motifs is 3. The topological polar surface area (TPSA) is 92.8 Å². The number of aromatic nitrogens is 2. The van der Waals surface area contributed by atoms with Gasteiger partial charge in [-0.05, 0) is 61.1 Å². The number of methoxy groups -OCH3 is 1. The summed E-state index contributed by atoms with van der Waals surface area (Å²) in [6, 6.07) is 20.2. The van der Waals surface area contributed by atoms with Gasteiger partial charge in [0.25, 0.3) is 5.56 Å². The summed E-state index contributed by atoms with van der Waals surface area (Å²) in [4.78, 5) is 34.5. The monoisotopic (exact) mass is 523 g/mol. The number of benzene rings is 2. The Hall–Kier alpha value is -4.47. The van der Waals surface area contributed by atoms with E-state index in [0.29, 0.717) is 40.5 Å². The van der Waals surface area contributed by atoms with Gasteiger partial charge in [-0.15, -0.1) is 0 Å². The van der Waals surface area contributed by atoms with Gasteiger partial charge in [0.05, 0.1) is 13.7 Å². The van der Waals surface area contributed by atoms with Crippen molar-refractivity contribution in [3.05, 3.63) is 83.3 Å². The van der Waals surface area contributed by atoms with Crippen LogP contribution < -0.4 is 15.6 Å². The van der Waals surface area contributed by atoms with Crippen molar-refractivity contribution in [3.63, 3.8) is 0 Å². The van der Waals surface area contributed by atoms with E-state index in [-0.39, 0.29) is 11.5 Å². The van der Waals surface area contributed by atoms with Crippen molar-refractivity contribution in [2.75, 3.05) is 52.2 Å². The van der Waals surface area contributed by atoms with E-state index in [0.717, 1.165) is 42.7 Å². The zero-order valence-electron chi connectivity index (χ0n) is 21.9. The summed E-state index contributed by atoms with van der Waals surface area (Å²) in [7, 11) is 3.68. The van der Waals surface area contributed by atoms with E-state index in [2.05, 4.69) is 27.1 Å². The van der Waals surface area contributed by atoms with Gasteiger partial charge in [-0.2, -0.15) is 0 Å². The molecule has 0 spiro atoms. The predicted octanol–water partition coefficient (Wildman–Crippen LogP) is 3.99. The van der Waals surface area contributed by atoms with Crippen molar-refractivity contribution in [2.24, 2.45) is 0 Å². The van der Waals surface area contributed by atoms with Crippen LogP contribution in [0.25, 0.3) is 38.9 Å². The standard InChI is InChI=1S/C30H29N5O4/c1-33-13-15-34(16-14-33)19-27(36)32-22-5-7-23(8-6-22)35-29(37)12-10-26-30(35)24-17-20(3-9-25(24)39-26)21-4-11-28(38-2)31-18-21/h3-12,17-18H,13-16,19H2,1-2H3,(H,32,36). The Bertz CT molecular complexity index is 1700. The summed E-state index contributed by atoms with van der Waals surface area (Å²) >= 11 is 0. The first-order chi connectivity index (χ1) is 19.0. The number of hydrogen-bond acceptors (Lipinski definition) is 7. The molecule has 1 N–H and O–H groups in total. The third-order valence-electron chi connectivity index (χ3n) is 7.16. The van der Waals surface area contributed by atoms with Gasteiger partial charge in [0.1, 0.15) is 11.1 Å². The molecule has 1 amide bonds. The molecule has 0 aliphatic carbocycles. The van der Waals surface area contributed by atoms with Crippen molar-refractivity contribution < 1.29 is 13.9 Å². The molecule has 5 aromatic rings. The van der Waals surface area contributed by atoms with Gasteiger partial charge in [-0.3, -0.25) is 19.1 Å². The number of hydrogen-bond donors (Lipinski definition) is 1. The number of furan rings is 1. The number of nitrogens with zero attached hydrogens (tertiary/aromatic N) is 4. The number of amides is 1. The second kappa shape index (κ2) is 10.4. The van der Waals surface area contributed by atoms with Gasteiger partial charge in [0.15, 0.2) is 5.58 Å². The Morgan fingerprint density at radius 1 is 0.949 bits per heavy atom. The average molecular weight is 524 g/mol. The lowest BCUT2D eigenvalue weighted by Crippen LogP contribution is -2.47. The van der Waals surface area contributed by atoms with Gasteiger partial charge in [-0.1, -0.05) is 6.07 Å². The molecule has 0 radical (unpaired) electrons. The maximum absolute atomic E-state index is 13.1. The highest BCUT2D eigenvalue weighted by Crippen LogP contribution is 2.33. The number of pyridine rings is 2. The molecule has 3 aromatic heterocycles. The number of piperazine rings is 1. The van der Waals surface area contributed by atoms with Gasteiger partial charge < -0.3 is 19.4 Å². The normalized spacial score (nSPS) is 14.6. The first-order valence-electron chi connectivity index (χ1n) is 12.9. The number of rotatable bonds is 6. The third kappa shape index (κ3) is 5.01. The molecule has 0 bridgehead atoms. The van der Waals surface area contributed by atoms with Crippen molar-refractivity contribution >= 4 is 33.7 Å². The summed E-state index contributed by atoms with van der Waals surface area (Å²) in [6.45, 7) is 4.05. The van der Waals surface area contributed by atoms with Gasteiger partial charge >= 0.3 is 0 Å². The van der Waals surface area contributed by atoms with Gasteiger partial charge in [-0.25, -0.2) is 4.98 Å². The summed E-state index contributed by atoms with van der Waals surface area (Å²) in [5.74, 6) is 0.495. The lowest BCUT2D eigenvalue weighted by molar-refractivity contribution is -0.117. The Morgan fingerprint density at radius 2 is 1.69 bits per heavy atom. The van der Waals surface area contributed by atoms with Crippen molar-refractivity contribution in [1.82, 2.24) is 19.4 Å². The molecule has 9 heteroatoms. The highest BCUT2D eigenvalue weighted by molar-refractivity contribution is 6.05. The molecule has 1 fully saturated rings. The highest BCUT2D eigenvalue weighted by atomic mass is 16.5. The molecule has 9 nitrogen and oxygen atoms in total. The molecule has 0 saturated carbocycles. The zero-order chi connectivity index (χ0) is 26.9. The number of carbonyl (C=O) groups excluding carboxylic acids is 1. The van der Waals surface area contributed by atoms with Crippen LogP contribution in [0, 0.1) is 0 Å². The second-order valence-corrected chi connectivity index (χ2v) is 9.80. The number of ether oxygens (including phenoxy) is 1. The lowest BCUT2D eigenvalue weighted by atomic mass is 10.1. The van der Waals surface area contributed by atoms with Gasteiger partial charge in [0, 0.05) is 66.8 Å². The van der Waals surface area contributed by atoms with Crippen LogP contribution >= 0.6 is 0 Å². The van der Waals surface area contributed by atoms with Crippen LogP contribution in [0.2, 0.25) is 0 Å². The highest BCUT2D eigenvalue weighted by Gasteiger charge is 2.18. The van der Waals surface area contributed by atoms with E-state index < -0.39 is 0 Å². The minimum atomic E-state index is -0.173. The molecule has 198 valence electrons. The van der Waals surface area contributed by atoms with Crippen molar-refractivity contribution in [1.29, 1.82) is 0 Å². The molecule has 1 aliphatic heterocycles. The summed E-state index contributed by atoms with van der Waals surface area (Å²) < 4.78 is 12.9. The van der Waals surface area contributed by atoms with Crippen LogP contribution in [-0.4, -0.2) is 72.1 Å². The Kier molecular flexibility index (Phi) is 6.60. The zero-order valence-corrected chi connectivity index (χ0v) is 21.9. The van der Waals surface area contributed by atoms with E-state index in [4.69, 9.17) is 9.15 Å². The summed E-state index contributed by atoms with van der Waals surface area (Å²) in [5.41, 5.74) is 5.05. The smallest absolute Gasteiger partial charge is 0.255 e. The molecule has 0 unspecified atom stereocenters. The number of likely N-dealkylation sites (N-methyl/N-ethyl adjacent to an activating group) is 1. The van der Waals surface area contributed by atoms with Crippen LogP contribution in [0.3, 0.4) is 0 Å². The second-order valence-electron chi connectivity index (χ2n) is 9.80. The fourth-order valence-corrected chi connectivity index (χ4v) is 4.99. The van der Waals surface area contributed by atoms with Crippen LogP contribution in [-0.2, 0) is 4.79 Å². The molecule has 2 aromatic carbocycles. The van der Waals surface area contributed by atoms with Crippen molar-refractivity contribution in [3.8, 4) is 22.7 Å². The van der Waals surface area contributed by atoms with E-state index in [1.165, 1.54) is 6.07 Å². The van der Waals surface area contributed by atoms with Gasteiger partial charge in [0.2, 0.25) is 11.8 Å². The fraction of sp³-hybridized carbons (Fsp3) is 0.233. The molecular weight excluding hydrogens is 494 g/mol. The summed E-state index contributed by atoms with van der Waals surface area (Å²) in [6.07, 6.45) is 1.76. The predicted molar refractivity (Wildman–Crippen MR) is 152 cm³/mol. The summed E-state index contributed by atoms with van der Waals surface area (Å²) in [5, 5.41) is 3.79. The SMILES string of the molecule is COc1ccc(-c2ccc3oc4ccc(=O)n(-c5ccc(NC(=O)CN6CCN(C)CC6)cc5)c4c3c2)cn1. The quantitative estimate of drug-likeness (QED) is 0.360. The minimum absolute atomic E-state index is 0.0482. The number of nitrogens with one attached hydrogen (secondary N) is 1. The first-order valence-corrected chi connectivity index (χ1v) is 12.9. The molecular formula is C30H29N5O4. The molecule has 39 heavy (non-hydrogen) atoms. The number of carbonyl (C=O) groups is 1. The molecule has 1 saturated heterocycles. The van der Waals surface area contributed by atoms with Crippen LogP contribution in [0.15, 0.2) is 82.1 Å². The van der Waals surface area contributed by atoms with Crippen molar-refractivity contribution in [2.45, 2.75) is 0 Å².